The van der Waals surface area contributed by atoms with Crippen LogP contribution in [0.5, 0.6) is 0 Å². The van der Waals surface area contributed by atoms with Crippen molar-refractivity contribution in [2.24, 2.45) is 0 Å². The van der Waals surface area contributed by atoms with Crippen molar-refractivity contribution >= 4 is 27.5 Å². The summed E-state index contributed by atoms with van der Waals surface area (Å²) in [5.74, 6) is -1.04. The highest BCUT2D eigenvalue weighted by molar-refractivity contribution is 7.89. The average Bonchev–Trinajstić information content (AvgIpc) is 3.22. The normalized spacial score (nSPS) is 18.3. The molecule has 2 N–H and O–H groups in total. The highest BCUT2D eigenvalue weighted by Gasteiger charge is 2.40. The maximum atomic E-state index is 13.5. The number of rotatable bonds is 5. The molecule has 0 aromatic heterocycles. The van der Waals surface area contributed by atoms with Gasteiger partial charge in [0.1, 0.15) is 11.9 Å². The first-order chi connectivity index (χ1) is 16.7. The summed E-state index contributed by atoms with van der Waals surface area (Å²) >= 11 is 0. The third-order valence-electron chi connectivity index (χ3n) is 6.54. The average molecular weight is 494 g/mol. The number of sulfonamides is 1. The van der Waals surface area contributed by atoms with Crippen molar-refractivity contribution in [3.63, 3.8) is 0 Å². The number of halogens is 1. The Morgan fingerprint density at radius 1 is 1.06 bits per heavy atom. The molecular formula is C26H24FN3O4S. The third kappa shape index (κ3) is 4.44. The Labute approximate surface area is 203 Å². The summed E-state index contributed by atoms with van der Waals surface area (Å²) in [6, 6.07) is 16.2. The zero-order chi connectivity index (χ0) is 24.7. The highest BCUT2D eigenvalue weighted by atomic mass is 32.2. The van der Waals surface area contributed by atoms with Gasteiger partial charge in [0.2, 0.25) is 21.8 Å². The molecule has 2 amide bonds. The number of fused-ring (bicyclic) bond motifs is 2. The van der Waals surface area contributed by atoms with E-state index in [1.165, 1.54) is 16.4 Å². The van der Waals surface area contributed by atoms with E-state index in [2.05, 4.69) is 10.6 Å². The summed E-state index contributed by atoms with van der Waals surface area (Å²) in [6.07, 6.45) is 0.505. The molecule has 3 aromatic rings. The number of amides is 2. The van der Waals surface area contributed by atoms with Crippen molar-refractivity contribution in [3.8, 4) is 0 Å². The quantitative estimate of drug-likeness (QED) is 0.570. The Kier molecular flexibility index (Phi) is 5.90. The molecule has 0 aliphatic carbocycles. The van der Waals surface area contributed by atoms with Crippen LogP contribution in [0.25, 0.3) is 0 Å². The highest BCUT2D eigenvalue weighted by Crippen LogP contribution is 2.31. The first-order valence-electron chi connectivity index (χ1n) is 11.3. The van der Waals surface area contributed by atoms with Crippen LogP contribution in [0.3, 0.4) is 0 Å². The molecule has 0 radical (unpaired) electrons. The number of anilines is 1. The lowest BCUT2D eigenvalue weighted by Gasteiger charge is -2.35. The number of hydrogen-bond acceptors (Lipinski definition) is 4. The smallest absolute Gasteiger partial charge is 0.244 e. The van der Waals surface area contributed by atoms with Gasteiger partial charge in [-0.25, -0.2) is 12.8 Å². The third-order valence-corrected chi connectivity index (χ3v) is 8.41. The Morgan fingerprint density at radius 3 is 2.51 bits per heavy atom. The van der Waals surface area contributed by atoms with Crippen LogP contribution in [-0.2, 0) is 39.0 Å². The summed E-state index contributed by atoms with van der Waals surface area (Å²) < 4.78 is 41.7. The predicted octanol–water partition coefficient (Wildman–Crippen LogP) is 3.31. The monoisotopic (exact) mass is 493 g/mol. The maximum absolute atomic E-state index is 13.5. The van der Waals surface area contributed by atoms with E-state index >= 15 is 0 Å². The van der Waals surface area contributed by atoms with Crippen LogP contribution in [-0.4, -0.2) is 30.6 Å². The Hall–Kier alpha value is -3.56. The first kappa shape index (κ1) is 23.2. The topological polar surface area (TPSA) is 95.6 Å². The molecule has 0 bridgehead atoms. The van der Waals surface area contributed by atoms with Crippen LogP contribution in [0.1, 0.15) is 35.2 Å². The predicted molar refractivity (Wildman–Crippen MR) is 128 cm³/mol. The second kappa shape index (κ2) is 8.90. The van der Waals surface area contributed by atoms with Crippen molar-refractivity contribution in [2.45, 2.75) is 43.3 Å². The van der Waals surface area contributed by atoms with Crippen LogP contribution >= 0.6 is 0 Å². The second-order valence-corrected chi connectivity index (χ2v) is 10.8. The fourth-order valence-electron chi connectivity index (χ4n) is 4.63. The van der Waals surface area contributed by atoms with Crippen LogP contribution in [0, 0.1) is 5.82 Å². The van der Waals surface area contributed by atoms with E-state index in [4.69, 9.17) is 0 Å². The van der Waals surface area contributed by atoms with Gasteiger partial charge in [-0.05, 0) is 65.9 Å². The van der Waals surface area contributed by atoms with Gasteiger partial charge in [-0.1, -0.05) is 36.4 Å². The van der Waals surface area contributed by atoms with E-state index in [9.17, 15) is 22.4 Å². The molecule has 0 spiro atoms. The van der Waals surface area contributed by atoms with Crippen molar-refractivity contribution in [3.05, 3.63) is 94.8 Å². The summed E-state index contributed by atoms with van der Waals surface area (Å²) in [5, 5.41) is 5.74. The second-order valence-electron chi connectivity index (χ2n) is 8.86. The minimum absolute atomic E-state index is 0.0367. The summed E-state index contributed by atoms with van der Waals surface area (Å²) in [6.45, 7) is 1.86. The van der Waals surface area contributed by atoms with Gasteiger partial charge in [0.25, 0.3) is 0 Å². The number of carbonyl (C=O) groups is 2. The lowest BCUT2D eigenvalue weighted by atomic mass is 9.95. The van der Waals surface area contributed by atoms with Crippen molar-refractivity contribution in [1.82, 2.24) is 9.62 Å². The van der Waals surface area contributed by atoms with Crippen LogP contribution in [0.4, 0.5) is 10.1 Å². The summed E-state index contributed by atoms with van der Waals surface area (Å²) in [7, 11) is -4.07. The van der Waals surface area contributed by atoms with E-state index < -0.39 is 33.8 Å². The zero-order valence-corrected chi connectivity index (χ0v) is 19.8. The molecule has 2 aliphatic heterocycles. The molecule has 2 atom stereocenters. The maximum Gasteiger partial charge on any atom is 0.244 e. The molecule has 3 aromatic carbocycles. The van der Waals surface area contributed by atoms with E-state index in [-0.39, 0.29) is 30.2 Å². The molecule has 35 heavy (non-hydrogen) atoms. The number of carbonyl (C=O) groups excluding carboxylic acids is 2. The van der Waals surface area contributed by atoms with Gasteiger partial charge < -0.3 is 10.6 Å². The molecule has 9 heteroatoms. The van der Waals surface area contributed by atoms with Gasteiger partial charge in [0.15, 0.2) is 0 Å². The molecular weight excluding hydrogens is 469 g/mol. The largest absolute Gasteiger partial charge is 0.348 e. The number of nitrogens with zero attached hydrogens (tertiary/aromatic N) is 1. The number of benzene rings is 3. The molecule has 5 rings (SSSR count). The lowest BCUT2D eigenvalue weighted by molar-refractivity contribution is -0.126. The van der Waals surface area contributed by atoms with Crippen molar-refractivity contribution in [1.29, 1.82) is 0 Å². The van der Waals surface area contributed by atoms with E-state index in [0.29, 0.717) is 0 Å². The Bertz CT molecular complexity index is 1420. The molecule has 2 unspecified atom stereocenters. The molecule has 7 nitrogen and oxygen atoms in total. The number of hydrogen-bond donors (Lipinski definition) is 2. The minimum atomic E-state index is -4.07. The molecule has 0 fully saturated rings. The minimum Gasteiger partial charge on any atom is -0.348 e. The van der Waals surface area contributed by atoms with Gasteiger partial charge in [-0.2, -0.15) is 4.31 Å². The van der Waals surface area contributed by atoms with Crippen molar-refractivity contribution in [2.75, 3.05) is 5.32 Å². The molecule has 2 heterocycles. The summed E-state index contributed by atoms with van der Waals surface area (Å²) in [4.78, 5) is 25.1. The first-order valence-corrected chi connectivity index (χ1v) is 12.7. The Balaban J connectivity index is 1.43. The molecule has 180 valence electrons. The summed E-state index contributed by atoms with van der Waals surface area (Å²) in [5.41, 5.74) is 4.18. The molecule has 0 saturated heterocycles. The van der Waals surface area contributed by atoms with E-state index in [0.717, 1.165) is 40.1 Å². The van der Waals surface area contributed by atoms with Crippen molar-refractivity contribution < 1.29 is 22.4 Å². The van der Waals surface area contributed by atoms with Gasteiger partial charge in [-0.3, -0.25) is 9.59 Å². The van der Waals surface area contributed by atoms with E-state index in [1.54, 1.807) is 6.07 Å². The van der Waals surface area contributed by atoms with Gasteiger partial charge >= 0.3 is 0 Å². The van der Waals surface area contributed by atoms with Crippen LogP contribution in [0.15, 0.2) is 71.6 Å². The van der Waals surface area contributed by atoms with Crippen LogP contribution < -0.4 is 10.6 Å². The van der Waals surface area contributed by atoms with E-state index in [1.807, 2.05) is 43.3 Å². The lowest BCUT2D eigenvalue weighted by Crippen LogP contribution is -2.52. The van der Waals surface area contributed by atoms with Gasteiger partial charge in [-0.15, -0.1) is 0 Å². The SMILES string of the molecule is CC(NC(=O)C1Cc2ccccc2CN1S(=O)(=O)c1ccc(F)cc1)c1ccc2c(c1)CC(=O)N2. The zero-order valence-electron chi connectivity index (χ0n) is 19.0. The fraction of sp³-hybridized carbons (Fsp3) is 0.231. The van der Waals surface area contributed by atoms with Crippen LogP contribution in [0.2, 0.25) is 0 Å². The molecule has 2 aliphatic rings. The molecule has 0 saturated carbocycles. The van der Waals surface area contributed by atoms with Gasteiger partial charge in [0.05, 0.1) is 17.4 Å². The standard InChI is InChI=1S/C26H24FN3O4S/c1-16(17-6-11-23-20(12-17)14-25(31)29-23)28-26(32)24-13-18-4-2-3-5-19(18)15-30(24)35(33,34)22-9-7-21(27)8-10-22/h2-12,16,24H,13-15H2,1H3,(H,28,32)(H,29,31). The van der Waals surface area contributed by atoms with Gasteiger partial charge in [0, 0.05) is 12.2 Å². The number of nitrogens with one attached hydrogen (secondary N) is 2. The fourth-order valence-corrected chi connectivity index (χ4v) is 6.19. The Morgan fingerprint density at radius 2 is 1.77 bits per heavy atom.